The van der Waals surface area contributed by atoms with E-state index >= 15 is 0 Å². The Labute approximate surface area is 208 Å². The number of hydrogen-bond donors (Lipinski definition) is 3. The van der Waals surface area contributed by atoms with Gasteiger partial charge in [0.15, 0.2) is 0 Å². The van der Waals surface area contributed by atoms with Gasteiger partial charge in [0.2, 0.25) is 11.8 Å². The fourth-order valence-electron chi connectivity index (χ4n) is 4.98. The molecule has 4 heterocycles. The fraction of sp³-hybridized carbons (Fsp3) is 0.480. The molecule has 3 aromatic rings. The van der Waals surface area contributed by atoms with E-state index in [-0.39, 0.29) is 31.1 Å². The molecule has 0 saturated carbocycles. The lowest BCUT2D eigenvalue weighted by Crippen LogP contribution is -2.60. The zero-order valence-electron chi connectivity index (χ0n) is 19.9. The SMILES string of the molecule is CC1(C)CN(CC(=O)N2CCC(O)CC2)[C@H](C(=O)Nc2cc(Cl)cc3c2[nH]c2cnccc23)CO1. The summed E-state index contributed by atoms with van der Waals surface area (Å²) in [5.74, 6) is -0.302. The smallest absolute Gasteiger partial charge is 0.244 e. The minimum absolute atomic E-state index is 0.0411. The third-order valence-electron chi connectivity index (χ3n) is 6.85. The Morgan fingerprint density at radius 2 is 2.06 bits per heavy atom. The van der Waals surface area contributed by atoms with Crippen molar-refractivity contribution in [3.8, 4) is 0 Å². The number of carbonyl (C=O) groups excluding carboxylic acids is 2. The number of piperidine rings is 1. The highest BCUT2D eigenvalue weighted by molar-refractivity contribution is 6.33. The Balaban J connectivity index is 1.38. The van der Waals surface area contributed by atoms with Gasteiger partial charge in [-0.25, -0.2) is 0 Å². The molecule has 1 atom stereocenters. The summed E-state index contributed by atoms with van der Waals surface area (Å²) in [5.41, 5.74) is 1.69. The van der Waals surface area contributed by atoms with Crippen LogP contribution in [0.4, 0.5) is 5.69 Å². The number of fused-ring (bicyclic) bond motifs is 3. The van der Waals surface area contributed by atoms with Gasteiger partial charge in [-0.05, 0) is 44.9 Å². The molecule has 2 aliphatic heterocycles. The first-order valence-corrected chi connectivity index (χ1v) is 12.3. The van der Waals surface area contributed by atoms with Crippen LogP contribution in [0.5, 0.6) is 0 Å². The molecule has 2 saturated heterocycles. The first-order chi connectivity index (χ1) is 16.7. The first-order valence-electron chi connectivity index (χ1n) is 11.9. The number of carbonyl (C=O) groups is 2. The van der Waals surface area contributed by atoms with Crippen LogP contribution >= 0.6 is 11.6 Å². The molecule has 9 nitrogen and oxygen atoms in total. The Morgan fingerprint density at radius 1 is 1.29 bits per heavy atom. The third kappa shape index (κ3) is 4.99. The van der Waals surface area contributed by atoms with Gasteiger partial charge in [-0.3, -0.25) is 19.5 Å². The number of nitrogens with one attached hydrogen (secondary N) is 2. The van der Waals surface area contributed by atoms with Crippen LogP contribution in [0.15, 0.2) is 30.6 Å². The number of aliphatic hydroxyl groups is 1. The van der Waals surface area contributed by atoms with Gasteiger partial charge in [-0.15, -0.1) is 0 Å². The number of rotatable bonds is 4. The second kappa shape index (κ2) is 9.39. The summed E-state index contributed by atoms with van der Waals surface area (Å²) in [6.45, 7) is 5.69. The molecule has 2 aromatic heterocycles. The number of morpholine rings is 1. The van der Waals surface area contributed by atoms with E-state index in [0.29, 0.717) is 43.2 Å². The van der Waals surface area contributed by atoms with E-state index in [9.17, 15) is 14.7 Å². The molecular weight excluding hydrogens is 470 g/mol. The van der Waals surface area contributed by atoms with Crippen molar-refractivity contribution in [2.24, 2.45) is 0 Å². The number of hydrogen-bond acceptors (Lipinski definition) is 6. The highest BCUT2D eigenvalue weighted by Gasteiger charge is 2.39. The van der Waals surface area contributed by atoms with Gasteiger partial charge in [0.25, 0.3) is 0 Å². The van der Waals surface area contributed by atoms with Gasteiger partial charge in [-0.2, -0.15) is 0 Å². The maximum absolute atomic E-state index is 13.5. The van der Waals surface area contributed by atoms with Crippen LogP contribution in [-0.4, -0.2) is 87.2 Å². The molecule has 0 bridgehead atoms. The van der Waals surface area contributed by atoms with E-state index in [1.54, 1.807) is 23.4 Å². The normalized spacial score (nSPS) is 21.5. The minimum atomic E-state index is -0.637. The molecule has 1 aromatic carbocycles. The van der Waals surface area contributed by atoms with E-state index < -0.39 is 11.6 Å². The van der Waals surface area contributed by atoms with E-state index in [4.69, 9.17) is 16.3 Å². The summed E-state index contributed by atoms with van der Waals surface area (Å²) in [7, 11) is 0. The summed E-state index contributed by atoms with van der Waals surface area (Å²) >= 11 is 6.40. The minimum Gasteiger partial charge on any atom is -0.393 e. The quantitative estimate of drug-likeness (QED) is 0.509. The Hall–Kier alpha value is -2.72. The summed E-state index contributed by atoms with van der Waals surface area (Å²) in [6, 6.07) is 4.84. The van der Waals surface area contributed by atoms with Crippen LogP contribution in [0, 0.1) is 0 Å². The van der Waals surface area contributed by atoms with E-state index in [1.165, 1.54) is 0 Å². The van der Waals surface area contributed by atoms with E-state index in [1.807, 2.05) is 30.9 Å². The van der Waals surface area contributed by atoms with Gasteiger partial charge in [0, 0.05) is 41.6 Å². The number of aliphatic hydroxyl groups excluding tert-OH is 1. The molecule has 10 heteroatoms. The summed E-state index contributed by atoms with van der Waals surface area (Å²) < 4.78 is 5.96. The van der Waals surface area contributed by atoms with Gasteiger partial charge >= 0.3 is 0 Å². The number of halogens is 1. The summed E-state index contributed by atoms with van der Waals surface area (Å²) in [5, 5.41) is 15.1. The molecular formula is C25H30ClN5O4. The van der Waals surface area contributed by atoms with E-state index in [2.05, 4.69) is 15.3 Å². The van der Waals surface area contributed by atoms with Crippen molar-refractivity contribution in [2.45, 2.75) is 44.4 Å². The highest BCUT2D eigenvalue weighted by atomic mass is 35.5. The lowest BCUT2D eigenvalue weighted by molar-refractivity contribution is -0.151. The van der Waals surface area contributed by atoms with Crippen molar-refractivity contribution in [2.75, 3.05) is 38.1 Å². The molecule has 186 valence electrons. The van der Waals surface area contributed by atoms with E-state index in [0.717, 1.165) is 21.8 Å². The molecule has 5 rings (SSSR count). The zero-order chi connectivity index (χ0) is 24.7. The van der Waals surface area contributed by atoms with Crippen LogP contribution in [0.3, 0.4) is 0 Å². The largest absolute Gasteiger partial charge is 0.393 e. The molecule has 2 amide bonds. The second-order valence-electron chi connectivity index (χ2n) is 10.0. The van der Waals surface area contributed by atoms with Crippen molar-refractivity contribution >= 4 is 50.9 Å². The van der Waals surface area contributed by atoms with Crippen LogP contribution < -0.4 is 5.32 Å². The number of H-pyrrole nitrogens is 1. The molecule has 0 radical (unpaired) electrons. The van der Waals surface area contributed by atoms with Crippen molar-refractivity contribution in [1.82, 2.24) is 19.8 Å². The summed E-state index contributed by atoms with van der Waals surface area (Å²) in [6.07, 6.45) is 4.26. The zero-order valence-corrected chi connectivity index (χ0v) is 20.6. The van der Waals surface area contributed by atoms with Crippen LogP contribution in [0.25, 0.3) is 21.8 Å². The Kier molecular flexibility index (Phi) is 6.43. The lowest BCUT2D eigenvalue weighted by atomic mass is 10.0. The van der Waals surface area contributed by atoms with Crippen LogP contribution in [0.2, 0.25) is 5.02 Å². The maximum Gasteiger partial charge on any atom is 0.244 e. The Morgan fingerprint density at radius 3 is 2.83 bits per heavy atom. The summed E-state index contributed by atoms with van der Waals surface area (Å²) in [4.78, 5) is 37.7. The third-order valence-corrected chi connectivity index (χ3v) is 7.06. The van der Waals surface area contributed by atoms with Crippen molar-refractivity contribution in [3.05, 3.63) is 35.6 Å². The van der Waals surface area contributed by atoms with Crippen LogP contribution in [0.1, 0.15) is 26.7 Å². The first kappa shape index (κ1) is 24.0. The Bertz CT molecular complexity index is 1270. The molecule has 2 aliphatic rings. The molecule has 0 aliphatic carbocycles. The van der Waals surface area contributed by atoms with Crippen molar-refractivity contribution in [3.63, 3.8) is 0 Å². The van der Waals surface area contributed by atoms with Gasteiger partial charge in [-0.1, -0.05) is 11.6 Å². The van der Waals surface area contributed by atoms with Gasteiger partial charge in [0.05, 0.1) is 47.8 Å². The highest BCUT2D eigenvalue weighted by Crippen LogP contribution is 2.33. The number of amides is 2. The molecule has 0 unspecified atom stereocenters. The molecule has 0 spiro atoms. The fourth-order valence-corrected chi connectivity index (χ4v) is 5.20. The monoisotopic (exact) mass is 499 g/mol. The molecule has 2 fully saturated rings. The molecule has 35 heavy (non-hydrogen) atoms. The number of ether oxygens (including phenoxy) is 1. The predicted octanol–water partition coefficient (Wildman–Crippen LogP) is 2.77. The number of pyridine rings is 1. The number of nitrogens with zero attached hydrogens (tertiary/aromatic N) is 3. The number of aromatic nitrogens is 2. The maximum atomic E-state index is 13.5. The average Bonchev–Trinajstić information content (AvgIpc) is 3.18. The van der Waals surface area contributed by atoms with Crippen LogP contribution in [-0.2, 0) is 14.3 Å². The number of benzene rings is 1. The number of anilines is 1. The second-order valence-corrected chi connectivity index (χ2v) is 10.5. The number of likely N-dealkylation sites (tertiary alicyclic amines) is 1. The predicted molar refractivity (Wildman–Crippen MR) is 134 cm³/mol. The van der Waals surface area contributed by atoms with Crippen molar-refractivity contribution < 1.29 is 19.4 Å². The van der Waals surface area contributed by atoms with Crippen molar-refractivity contribution in [1.29, 1.82) is 0 Å². The standard InChI is InChI=1S/C25H30ClN5O4/c1-25(2)14-31(12-22(33)30-7-4-16(32)5-8-30)21(13-35-25)24(34)29-19-10-15(26)9-18-17-3-6-27-11-20(17)28-23(18)19/h3,6,9-11,16,21,28,32H,4-5,7-8,12-14H2,1-2H3,(H,29,34)/t21-/m0/s1. The van der Waals surface area contributed by atoms with Gasteiger partial charge < -0.3 is 25.0 Å². The topological polar surface area (TPSA) is 111 Å². The molecule has 3 N–H and O–H groups in total. The lowest BCUT2D eigenvalue weighted by Gasteiger charge is -2.43. The van der Waals surface area contributed by atoms with Gasteiger partial charge in [0.1, 0.15) is 6.04 Å². The number of aromatic amines is 1. The average molecular weight is 500 g/mol.